The van der Waals surface area contributed by atoms with Gasteiger partial charge in [0.05, 0.1) is 29.8 Å². The molecule has 0 spiro atoms. The molecular weight excluding hydrogens is 582 g/mol. The van der Waals surface area contributed by atoms with Gasteiger partial charge in [-0.2, -0.15) is 0 Å². The van der Waals surface area contributed by atoms with Crippen molar-refractivity contribution in [3.63, 3.8) is 0 Å². The number of aliphatic hydroxyl groups is 4. The van der Waals surface area contributed by atoms with Crippen LogP contribution in [-0.2, 0) is 23.7 Å². The maximum Gasteiger partial charge on any atom is 0.311 e. The van der Waals surface area contributed by atoms with Crippen LogP contribution in [-0.4, -0.2) is 143 Å². The molecule has 0 amide bonds. The van der Waals surface area contributed by atoms with Gasteiger partial charge in [0.1, 0.15) is 23.9 Å². The highest BCUT2D eigenvalue weighted by atomic mass is 16.7. The van der Waals surface area contributed by atoms with Crippen molar-refractivity contribution in [2.45, 2.75) is 147 Å². The van der Waals surface area contributed by atoms with Gasteiger partial charge < -0.3 is 54.9 Å². The fraction of sp³-hybridized carbons (Fsp3) is 0.970. The van der Waals surface area contributed by atoms with Crippen molar-refractivity contribution in [2.24, 2.45) is 23.5 Å². The van der Waals surface area contributed by atoms with Crippen molar-refractivity contribution in [1.82, 2.24) is 9.80 Å². The molecule has 2 rings (SSSR count). The SMILES string of the molecule is CCC1OC(=O)C(C)C(O)C(C)C(OC2OC(C)CC(N(C)C)C2OCCCN)C(C)(O)CC(C)CN(C)C(C)C(O)C1(C)O. The lowest BCUT2D eigenvalue weighted by Crippen LogP contribution is -2.60. The quantitative estimate of drug-likeness (QED) is 0.190. The zero-order chi connectivity index (χ0) is 34.4. The number of nitrogens with zero attached hydrogens (tertiary/aromatic N) is 2. The number of carbonyl (C=O) groups excluding carboxylic acids is 1. The van der Waals surface area contributed by atoms with Crippen LogP contribution in [0.1, 0.15) is 81.1 Å². The van der Waals surface area contributed by atoms with Gasteiger partial charge in [0.25, 0.3) is 0 Å². The van der Waals surface area contributed by atoms with Crippen LogP contribution >= 0.6 is 0 Å². The van der Waals surface area contributed by atoms with E-state index in [4.69, 9.17) is 24.7 Å². The van der Waals surface area contributed by atoms with Crippen LogP contribution in [0.15, 0.2) is 0 Å². The number of cyclic esters (lactones) is 1. The maximum atomic E-state index is 13.4. The van der Waals surface area contributed by atoms with Gasteiger partial charge in [0.2, 0.25) is 0 Å². The minimum absolute atomic E-state index is 0.0304. The summed E-state index contributed by atoms with van der Waals surface area (Å²) in [5.74, 6) is -2.57. The molecule has 12 nitrogen and oxygen atoms in total. The largest absolute Gasteiger partial charge is 0.459 e. The molecule has 14 unspecified atom stereocenters. The number of rotatable bonds is 8. The first-order valence-electron chi connectivity index (χ1n) is 16.8. The van der Waals surface area contributed by atoms with E-state index in [0.29, 0.717) is 26.1 Å². The Labute approximate surface area is 271 Å². The summed E-state index contributed by atoms with van der Waals surface area (Å²) in [5, 5.41) is 46.5. The van der Waals surface area contributed by atoms with Gasteiger partial charge in [0, 0.05) is 31.2 Å². The van der Waals surface area contributed by atoms with Crippen molar-refractivity contribution >= 4 is 5.97 Å². The van der Waals surface area contributed by atoms with Crippen molar-refractivity contribution in [3.8, 4) is 0 Å². The molecule has 12 heteroatoms. The zero-order valence-electron chi connectivity index (χ0n) is 29.7. The van der Waals surface area contributed by atoms with E-state index in [1.165, 1.54) is 6.92 Å². The summed E-state index contributed by atoms with van der Waals surface area (Å²) in [5.41, 5.74) is 2.53. The Kier molecular flexibility index (Phi) is 15.2. The number of carbonyl (C=O) groups is 1. The van der Waals surface area contributed by atoms with Crippen LogP contribution in [0.2, 0.25) is 0 Å². The summed E-state index contributed by atoms with van der Waals surface area (Å²) in [6.07, 6.45) is -4.05. The Morgan fingerprint density at radius 3 is 2.29 bits per heavy atom. The summed E-state index contributed by atoms with van der Waals surface area (Å²) >= 11 is 0. The Morgan fingerprint density at radius 1 is 1.11 bits per heavy atom. The van der Waals surface area contributed by atoms with Crippen LogP contribution in [0.5, 0.6) is 0 Å². The topological polar surface area (TPSA) is 167 Å². The van der Waals surface area contributed by atoms with Crippen molar-refractivity contribution in [2.75, 3.05) is 40.8 Å². The number of ether oxygens (including phenoxy) is 4. The fourth-order valence-electron chi connectivity index (χ4n) is 7.21. The van der Waals surface area contributed by atoms with E-state index in [9.17, 15) is 25.2 Å². The highest BCUT2D eigenvalue weighted by Gasteiger charge is 2.50. The second-order valence-corrected chi connectivity index (χ2v) is 14.6. The normalized spacial score (nSPS) is 45.1. The Balaban J connectivity index is 2.56. The summed E-state index contributed by atoms with van der Waals surface area (Å²) in [4.78, 5) is 17.5. The van der Waals surface area contributed by atoms with Crippen molar-refractivity contribution < 1.29 is 44.2 Å². The molecule has 2 saturated heterocycles. The molecule has 0 aliphatic carbocycles. The van der Waals surface area contributed by atoms with Gasteiger partial charge in [0.15, 0.2) is 6.29 Å². The number of esters is 1. The Hall–Kier alpha value is -0.930. The van der Waals surface area contributed by atoms with E-state index < -0.39 is 71.9 Å². The highest BCUT2D eigenvalue weighted by molar-refractivity contribution is 5.73. The predicted octanol–water partition coefficient (Wildman–Crippen LogP) is 1.35. The average Bonchev–Trinajstić information content (AvgIpc) is 2.95. The van der Waals surface area contributed by atoms with Crippen molar-refractivity contribution in [1.29, 1.82) is 0 Å². The van der Waals surface area contributed by atoms with Crippen LogP contribution in [0.3, 0.4) is 0 Å². The van der Waals surface area contributed by atoms with E-state index >= 15 is 0 Å². The summed E-state index contributed by atoms with van der Waals surface area (Å²) in [6, 6.07) is -0.525. The fourth-order valence-corrected chi connectivity index (χ4v) is 7.21. The molecular formula is C33H65N3O9. The standard InChI is InChI=1S/C33H65N3O9/c1-12-25-33(8,41)28(38)23(6)36(11)18-19(2)17-32(7,40)29(21(4)26(37)22(5)30(39)44-25)45-31-27(42-15-13-14-34)24(35(9)10)16-20(3)43-31/h19-29,31,37-38,40-41H,12-18,34H2,1-11H3. The van der Waals surface area contributed by atoms with Crippen LogP contribution < -0.4 is 5.73 Å². The molecule has 0 aromatic carbocycles. The predicted molar refractivity (Wildman–Crippen MR) is 172 cm³/mol. The lowest BCUT2D eigenvalue weighted by atomic mass is 9.78. The maximum absolute atomic E-state index is 13.4. The van der Waals surface area contributed by atoms with Gasteiger partial charge in [-0.25, -0.2) is 0 Å². The lowest BCUT2D eigenvalue weighted by molar-refractivity contribution is -0.306. The van der Waals surface area contributed by atoms with E-state index in [-0.39, 0.29) is 30.9 Å². The molecule has 45 heavy (non-hydrogen) atoms. The highest BCUT2D eigenvalue weighted by Crippen LogP contribution is 2.37. The molecule has 14 atom stereocenters. The van der Waals surface area contributed by atoms with Gasteiger partial charge in [-0.05, 0) is 93.9 Å². The third-order valence-corrected chi connectivity index (χ3v) is 10.1. The van der Waals surface area contributed by atoms with Gasteiger partial charge in [-0.3, -0.25) is 4.79 Å². The smallest absolute Gasteiger partial charge is 0.311 e. The number of aliphatic hydroxyl groups excluding tert-OH is 2. The monoisotopic (exact) mass is 647 g/mol. The molecule has 2 aliphatic heterocycles. The van der Waals surface area contributed by atoms with Crippen molar-refractivity contribution in [3.05, 3.63) is 0 Å². The zero-order valence-corrected chi connectivity index (χ0v) is 29.7. The first-order chi connectivity index (χ1) is 20.8. The molecule has 2 heterocycles. The van der Waals surface area contributed by atoms with Gasteiger partial charge >= 0.3 is 5.97 Å². The minimum atomic E-state index is -1.74. The van der Waals surface area contributed by atoms with Crippen LogP contribution in [0.25, 0.3) is 0 Å². The molecule has 2 aliphatic rings. The first-order valence-corrected chi connectivity index (χ1v) is 16.8. The number of likely N-dealkylation sites (N-methyl/N-ethyl adjacent to an activating group) is 2. The van der Waals surface area contributed by atoms with E-state index in [1.54, 1.807) is 27.7 Å². The third-order valence-electron chi connectivity index (χ3n) is 10.1. The lowest BCUT2D eigenvalue weighted by Gasteiger charge is -2.48. The third kappa shape index (κ3) is 10.0. The molecule has 0 radical (unpaired) electrons. The average molecular weight is 648 g/mol. The summed E-state index contributed by atoms with van der Waals surface area (Å²) in [7, 11) is 5.82. The number of hydrogen-bond donors (Lipinski definition) is 5. The van der Waals surface area contributed by atoms with Gasteiger partial charge in [-0.15, -0.1) is 0 Å². The van der Waals surface area contributed by atoms with E-state index in [2.05, 4.69) is 4.90 Å². The second kappa shape index (κ2) is 16.9. The Morgan fingerprint density at radius 2 is 1.73 bits per heavy atom. The van der Waals surface area contributed by atoms with Crippen LogP contribution in [0.4, 0.5) is 0 Å². The first kappa shape index (κ1) is 40.2. The molecule has 2 fully saturated rings. The van der Waals surface area contributed by atoms with E-state index in [1.807, 2.05) is 46.8 Å². The molecule has 6 N–H and O–H groups in total. The number of nitrogens with two attached hydrogens (primary N) is 1. The summed E-state index contributed by atoms with van der Waals surface area (Å²) < 4.78 is 25.1. The molecule has 0 aromatic heterocycles. The number of hydrogen-bond acceptors (Lipinski definition) is 12. The minimum Gasteiger partial charge on any atom is -0.459 e. The molecule has 0 aromatic rings. The molecule has 0 saturated carbocycles. The molecule has 0 bridgehead atoms. The summed E-state index contributed by atoms with van der Waals surface area (Å²) in [6.45, 7) is 15.4. The Bertz CT molecular complexity index is 907. The van der Waals surface area contributed by atoms with Crippen LogP contribution in [0, 0.1) is 17.8 Å². The second-order valence-electron chi connectivity index (χ2n) is 14.6. The molecule has 266 valence electrons. The van der Waals surface area contributed by atoms with E-state index in [0.717, 1.165) is 6.42 Å². The van der Waals surface area contributed by atoms with Gasteiger partial charge in [-0.1, -0.05) is 20.8 Å².